The molecule has 3 rings (SSSR count). The first-order chi connectivity index (χ1) is 11.8. The summed E-state index contributed by atoms with van der Waals surface area (Å²) in [5.41, 5.74) is 1.93. The third kappa shape index (κ3) is 4.63. The number of pyridine rings is 1. The summed E-state index contributed by atoms with van der Waals surface area (Å²) >= 11 is 0. The number of anilines is 1. The smallest absolute Gasteiger partial charge is 0.410 e. The highest BCUT2D eigenvalue weighted by Gasteiger charge is 2.25. The number of carbonyl (C=O) groups excluding carboxylic acids is 1. The van der Waals surface area contributed by atoms with Crippen LogP contribution in [0.5, 0.6) is 0 Å². The summed E-state index contributed by atoms with van der Waals surface area (Å²) in [6.07, 6.45) is 1.40. The van der Waals surface area contributed by atoms with Crippen LogP contribution >= 0.6 is 0 Å². The summed E-state index contributed by atoms with van der Waals surface area (Å²) in [6, 6.07) is 4.32. The number of ether oxygens (including phenoxy) is 1. The van der Waals surface area contributed by atoms with Crippen LogP contribution in [0, 0.1) is 0 Å². The van der Waals surface area contributed by atoms with E-state index in [0.717, 1.165) is 50.5 Å². The van der Waals surface area contributed by atoms with E-state index in [1.165, 1.54) is 5.56 Å². The normalized spacial score (nSPS) is 19.4. The summed E-state index contributed by atoms with van der Waals surface area (Å²) in [7, 11) is 2.16. The van der Waals surface area contributed by atoms with Gasteiger partial charge in [-0.15, -0.1) is 0 Å². The topological polar surface area (TPSA) is 48.9 Å². The van der Waals surface area contributed by atoms with Crippen molar-refractivity contribution in [2.45, 2.75) is 39.2 Å². The third-order valence-corrected chi connectivity index (χ3v) is 4.80. The van der Waals surface area contributed by atoms with Crippen LogP contribution in [-0.4, -0.2) is 72.8 Å². The molecule has 6 nitrogen and oxygen atoms in total. The van der Waals surface area contributed by atoms with E-state index in [1.54, 1.807) is 0 Å². The lowest BCUT2D eigenvalue weighted by atomic mass is 10.1. The maximum Gasteiger partial charge on any atom is 0.410 e. The van der Waals surface area contributed by atoms with Gasteiger partial charge in [-0.05, 0) is 45.9 Å². The van der Waals surface area contributed by atoms with Gasteiger partial charge in [-0.2, -0.15) is 0 Å². The molecule has 1 amide bonds. The van der Waals surface area contributed by atoms with Gasteiger partial charge in [-0.25, -0.2) is 9.78 Å². The fraction of sp³-hybridized carbons (Fsp3) is 0.684. The molecule has 2 aliphatic heterocycles. The fourth-order valence-corrected chi connectivity index (χ4v) is 3.29. The summed E-state index contributed by atoms with van der Waals surface area (Å²) in [6.45, 7) is 11.3. The molecule has 0 bridgehead atoms. The van der Waals surface area contributed by atoms with Crippen LogP contribution in [-0.2, 0) is 17.6 Å². The Labute approximate surface area is 150 Å². The maximum absolute atomic E-state index is 12.3. The van der Waals surface area contributed by atoms with Crippen molar-refractivity contribution in [3.8, 4) is 0 Å². The summed E-state index contributed by atoms with van der Waals surface area (Å²) in [5.74, 6) is 1.07. The fourth-order valence-electron chi connectivity index (χ4n) is 3.29. The predicted molar refractivity (Wildman–Crippen MR) is 99.2 cm³/mol. The molecule has 1 fully saturated rings. The molecule has 0 saturated carbocycles. The lowest BCUT2D eigenvalue weighted by Crippen LogP contribution is -2.44. The zero-order chi connectivity index (χ0) is 18.0. The number of amides is 1. The molecular weight excluding hydrogens is 316 g/mol. The minimum Gasteiger partial charge on any atom is -0.444 e. The molecule has 0 aliphatic carbocycles. The molecule has 0 unspecified atom stereocenters. The van der Waals surface area contributed by atoms with E-state index in [0.29, 0.717) is 13.1 Å². The number of aromatic nitrogens is 1. The number of nitrogens with zero attached hydrogens (tertiary/aromatic N) is 4. The van der Waals surface area contributed by atoms with Crippen molar-refractivity contribution < 1.29 is 9.53 Å². The van der Waals surface area contributed by atoms with E-state index in [1.807, 2.05) is 25.7 Å². The lowest BCUT2D eigenvalue weighted by Gasteiger charge is -2.33. The number of piperazine rings is 1. The van der Waals surface area contributed by atoms with Gasteiger partial charge < -0.3 is 19.4 Å². The Bertz CT molecular complexity index is 618. The van der Waals surface area contributed by atoms with Gasteiger partial charge in [0.25, 0.3) is 0 Å². The molecule has 0 spiro atoms. The zero-order valence-electron chi connectivity index (χ0n) is 15.9. The van der Waals surface area contributed by atoms with Gasteiger partial charge in [0.2, 0.25) is 0 Å². The minimum atomic E-state index is -0.455. The summed E-state index contributed by atoms with van der Waals surface area (Å²) in [4.78, 5) is 23.8. The molecule has 0 radical (unpaired) electrons. The Hall–Kier alpha value is -1.82. The average Bonchev–Trinajstić information content (AvgIpc) is 2.76. The van der Waals surface area contributed by atoms with Crippen LogP contribution in [0.1, 0.15) is 32.0 Å². The number of likely N-dealkylation sites (N-methyl/N-ethyl adjacent to an activating group) is 1. The second-order valence-electron chi connectivity index (χ2n) is 8.03. The van der Waals surface area contributed by atoms with E-state index in [9.17, 15) is 4.79 Å². The van der Waals surface area contributed by atoms with Gasteiger partial charge in [0.1, 0.15) is 11.4 Å². The Balaban J connectivity index is 1.67. The quantitative estimate of drug-likeness (QED) is 0.780. The van der Waals surface area contributed by atoms with E-state index >= 15 is 0 Å². The van der Waals surface area contributed by atoms with Crippen molar-refractivity contribution in [1.82, 2.24) is 14.8 Å². The number of rotatable bonds is 1. The van der Waals surface area contributed by atoms with Gasteiger partial charge in [0.15, 0.2) is 0 Å². The van der Waals surface area contributed by atoms with Crippen molar-refractivity contribution in [3.05, 3.63) is 23.4 Å². The molecule has 6 heteroatoms. The van der Waals surface area contributed by atoms with Crippen molar-refractivity contribution in [1.29, 1.82) is 0 Å². The van der Waals surface area contributed by atoms with E-state index in [2.05, 4.69) is 29.0 Å². The molecule has 3 heterocycles. The molecule has 25 heavy (non-hydrogen) atoms. The Morgan fingerprint density at radius 1 is 1.04 bits per heavy atom. The third-order valence-electron chi connectivity index (χ3n) is 4.80. The molecular formula is C19H30N4O2. The van der Waals surface area contributed by atoms with Crippen molar-refractivity contribution in [2.75, 3.05) is 51.2 Å². The molecule has 1 saturated heterocycles. The Morgan fingerprint density at radius 2 is 1.72 bits per heavy atom. The average molecular weight is 346 g/mol. The van der Waals surface area contributed by atoms with Gasteiger partial charge >= 0.3 is 6.09 Å². The summed E-state index contributed by atoms with van der Waals surface area (Å²) < 4.78 is 5.51. The highest BCUT2D eigenvalue weighted by Crippen LogP contribution is 2.21. The van der Waals surface area contributed by atoms with E-state index in [4.69, 9.17) is 9.72 Å². The standard InChI is InChI=1S/C19H30N4O2/c1-19(2,3)25-18(24)23-9-7-15-5-6-17(20-16(15)8-10-23)22-13-11-21(4)12-14-22/h5-6H,7-14H2,1-4H3. The predicted octanol–water partition coefficient (Wildman–Crippen LogP) is 2.17. The monoisotopic (exact) mass is 346 g/mol. The first kappa shape index (κ1) is 18.0. The van der Waals surface area contributed by atoms with E-state index in [-0.39, 0.29) is 6.09 Å². The van der Waals surface area contributed by atoms with Crippen LogP contribution in [0.15, 0.2) is 12.1 Å². The van der Waals surface area contributed by atoms with Crippen molar-refractivity contribution in [2.24, 2.45) is 0 Å². The van der Waals surface area contributed by atoms with E-state index < -0.39 is 5.60 Å². The molecule has 0 aromatic carbocycles. The highest BCUT2D eigenvalue weighted by molar-refractivity contribution is 5.68. The van der Waals surface area contributed by atoms with Crippen LogP contribution in [0.4, 0.5) is 10.6 Å². The molecule has 0 atom stereocenters. The van der Waals surface area contributed by atoms with Crippen LogP contribution < -0.4 is 4.90 Å². The van der Waals surface area contributed by atoms with Gasteiger partial charge in [0.05, 0.1) is 0 Å². The summed E-state index contributed by atoms with van der Waals surface area (Å²) in [5, 5.41) is 0. The van der Waals surface area contributed by atoms with Crippen molar-refractivity contribution in [3.63, 3.8) is 0 Å². The number of fused-ring (bicyclic) bond motifs is 1. The number of carbonyl (C=O) groups is 1. The maximum atomic E-state index is 12.3. The van der Waals surface area contributed by atoms with Crippen LogP contribution in [0.2, 0.25) is 0 Å². The van der Waals surface area contributed by atoms with Gasteiger partial charge in [0, 0.05) is 51.4 Å². The minimum absolute atomic E-state index is 0.223. The number of hydrogen-bond acceptors (Lipinski definition) is 5. The lowest BCUT2D eigenvalue weighted by molar-refractivity contribution is 0.0258. The van der Waals surface area contributed by atoms with Gasteiger partial charge in [-0.3, -0.25) is 0 Å². The second-order valence-corrected chi connectivity index (χ2v) is 8.03. The van der Waals surface area contributed by atoms with Gasteiger partial charge in [-0.1, -0.05) is 6.07 Å². The molecule has 1 aromatic rings. The Morgan fingerprint density at radius 3 is 2.40 bits per heavy atom. The van der Waals surface area contributed by atoms with Crippen LogP contribution in [0.25, 0.3) is 0 Å². The SMILES string of the molecule is CN1CCN(c2ccc3c(n2)CCN(C(=O)OC(C)(C)C)CC3)CC1. The Kier molecular flexibility index (Phi) is 5.18. The molecule has 2 aliphatic rings. The zero-order valence-corrected chi connectivity index (χ0v) is 15.9. The molecule has 138 valence electrons. The highest BCUT2D eigenvalue weighted by atomic mass is 16.6. The molecule has 1 aromatic heterocycles. The number of hydrogen-bond donors (Lipinski definition) is 0. The first-order valence-electron chi connectivity index (χ1n) is 9.22. The second kappa shape index (κ2) is 7.20. The van der Waals surface area contributed by atoms with Crippen LogP contribution in [0.3, 0.4) is 0 Å². The largest absolute Gasteiger partial charge is 0.444 e. The molecule has 0 N–H and O–H groups in total. The first-order valence-corrected chi connectivity index (χ1v) is 9.22. The van der Waals surface area contributed by atoms with Crippen molar-refractivity contribution >= 4 is 11.9 Å².